The van der Waals surface area contributed by atoms with E-state index >= 15 is 0 Å². The number of pyridine rings is 1. The fraction of sp³-hybridized carbons (Fsp3) is 0.471. The second-order valence-electron chi connectivity index (χ2n) is 6.04. The number of methoxy groups -OCH3 is 1. The number of hydrogen-bond donors (Lipinski definition) is 0. The second-order valence-corrected chi connectivity index (χ2v) is 6.04. The number of rotatable bonds is 4. The molecule has 132 valence electrons. The lowest BCUT2D eigenvalue weighted by Gasteiger charge is -2.39. The third kappa shape index (κ3) is 3.09. The normalized spacial score (nSPS) is 25.5. The highest BCUT2D eigenvalue weighted by Gasteiger charge is 2.45. The molecule has 4 rings (SSSR count). The van der Waals surface area contributed by atoms with Gasteiger partial charge in [-0.25, -0.2) is 19.3 Å². The molecule has 8 heteroatoms. The Kier molecular flexibility index (Phi) is 4.35. The van der Waals surface area contributed by atoms with E-state index in [2.05, 4.69) is 19.9 Å². The SMILES string of the molecule is COc1cc(N2CCO[C@H]3[C@H]2CC[C@H]3Oc2ncccc2F)ncn1. The van der Waals surface area contributed by atoms with Crippen LogP contribution in [0.4, 0.5) is 10.2 Å². The Labute approximate surface area is 144 Å². The molecule has 3 atom stereocenters. The summed E-state index contributed by atoms with van der Waals surface area (Å²) >= 11 is 0. The third-order valence-corrected chi connectivity index (χ3v) is 4.65. The maximum absolute atomic E-state index is 13.8. The number of ether oxygens (including phenoxy) is 3. The standard InChI is InChI=1S/C17H19FN4O3/c1-23-15-9-14(20-10-21-15)22-7-8-24-16-12(22)4-5-13(16)25-17-11(18)3-2-6-19-17/h2-3,6,9-10,12-13,16H,4-5,7-8H2,1H3/t12-,13-,16+/m1/s1. The number of fused-ring (bicyclic) bond motifs is 1. The van der Waals surface area contributed by atoms with Gasteiger partial charge in [-0.1, -0.05) is 0 Å². The van der Waals surface area contributed by atoms with Crippen molar-refractivity contribution in [3.63, 3.8) is 0 Å². The first-order valence-electron chi connectivity index (χ1n) is 8.27. The van der Waals surface area contributed by atoms with E-state index in [1.807, 2.05) is 6.07 Å². The highest BCUT2D eigenvalue weighted by Crippen LogP contribution is 2.35. The average molecular weight is 346 g/mol. The van der Waals surface area contributed by atoms with E-state index in [1.165, 1.54) is 18.6 Å². The zero-order valence-electron chi connectivity index (χ0n) is 13.8. The number of morpholine rings is 1. The van der Waals surface area contributed by atoms with Crippen LogP contribution in [0.5, 0.6) is 11.8 Å². The van der Waals surface area contributed by atoms with E-state index in [0.717, 1.165) is 25.2 Å². The van der Waals surface area contributed by atoms with Gasteiger partial charge in [0.1, 0.15) is 24.4 Å². The first-order valence-corrected chi connectivity index (χ1v) is 8.27. The fourth-order valence-corrected chi connectivity index (χ4v) is 3.53. The molecule has 0 amide bonds. The molecule has 0 spiro atoms. The van der Waals surface area contributed by atoms with Crippen molar-refractivity contribution in [2.75, 3.05) is 25.2 Å². The summed E-state index contributed by atoms with van der Waals surface area (Å²) in [5.41, 5.74) is 0. The zero-order valence-corrected chi connectivity index (χ0v) is 13.8. The molecule has 1 aliphatic carbocycles. The van der Waals surface area contributed by atoms with Gasteiger partial charge in [0, 0.05) is 18.8 Å². The van der Waals surface area contributed by atoms with Crippen LogP contribution in [0.1, 0.15) is 12.8 Å². The van der Waals surface area contributed by atoms with E-state index in [4.69, 9.17) is 14.2 Å². The van der Waals surface area contributed by atoms with E-state index in [0.29, 0.717) is 12.5 Å². The lowest BCUT2D eigenvalue weighted by Crippen LogP contribution is -2.52. The summed E-state index contributed by atoms with van der Waals surface area (Å²) < 4.78 is 30.8. The van der Waals surface area contributed by atoms with Crippen molar-refractivity contribution in [2.45, 2.75) is 31.1 Å². The summed E-state index contributed by atoms with van der Waals surface area (Å²) in [6.07, 6.45) is 4.26. The summed E-state index contributed by atoms with van der Waals surface area (Å²) in [6.45, 7) is 1.28. The van der Waals surface area contributed by atoms with Crippen LogP contribution in [0.2, 0.25) is 0 Å². The Bertz CT molecular complexity index is 747. The number of hydrogen-bond acceptors (Lipinski definition) is 7. The molecule has 2 aromatic heterocycles. The minimum absolute atomic E-state index is 0.0255. The topological polar surface area (TPSA) is 69.6 Å². The van der Waals surface area contributed by atoms with Crippen molar-refractivity contribution < 1.29 is 18.6 Å². The van der Waals surface area contributed by atoms with E-state index < -0.39 is 5.82 Å². The van der Waals surface area contributed by atoms with Crippen LogP contribution in [-0.2, 0) is 4.74 Å². The lowest BCUT2D eigenvalue weighted by atomic mass is 10.1. The molecular formula is C17H19FN4O3. The monoisotopic (exact) mass is 346 g/mol. The minimum atomic E-state index is -0.459. The van der Waals surface area contributed by atoms with Crippen LogP contribution in [0.3, 0.4) is 0 Å². The lowest BCUT2D eigenvalue weighted by molar-refractivity contribution is -0.0331. The van der Waals surface area contributed by atoms with Gasteiger partial charge < -0.3 is 19.1 Å². The first-order chi connectivity index (χ1) is 12.3. The van der Waals surface area contributed by atoms with Gasteiger partial charge in [-0.15, -0.1) is 0 Å². The van der Waals surface area contributed by atoms with Crippen molar-refractivity contribution in [1.82, 2.24) is 15.0 Å². The predicted molar refractivity (Wildman–Crippen MR) is 87.3 cm³/mol. The molecule has 1 aliphatic heterocycles. The second kappa shape index (κ2) is 6.79. The van der Waals surface area contributed by atoms with Crippen LogP contribution in [0, 0.1) is 5.82 Å². The Hall–Kier alpha value is -2.48. The van der Waals surface area contributed by atoms with E-state index in [9.17, 15) is 4.39 Å². The van der Waals surface area contributed by atoms with Crippen LogP contribution >= 0.6 is 0 Å². The molecule has 2 aromatic rings. The van der Waals surface area contributed by atoms with Gasteiger partial charge in [0.15, 0.2) is 5.82 Å². The van der Waals surface area contributed by atoms with Gasteiger partial charge in [-0.05, 0) is 25.0 Å². The van der Waals surface area contributed by atoms with Gasteiger partial charge in [-0.2, -0.15) is 0 Å². The largest absolute Gasteiger partial charge is 0.481 e. The summed E-state index contributed by atoms with van der Waals surface area (Å²) in [6, 6.07) is 4.82. The molecule has 2 aliphatic rings. The number of nitrogens with zero attached hydrogens (tertiary/aromatic N) is 4. The Balaban J connectivity index is 1.53. The van der Waals surface area contributed by atoms with Gasteiger partial charge in [-0.3, -0.25) is 0 Å². The van der Waals surface area contributed by atoms with Crippen molar-refractivity contribution in [1.29, 1.82) is 0 Å². The fourth-order valence-electron chi connectivity index (χ4n) is 3.53. The third-order valence-electron chi connectivity index (χ3n) is 4.65. The van der Waals surface area contributed by atoms with Crippen molar-refractivity contribution in [2.24, 2.45) is 0 Å². The highest BCUT2D eigenvalue weighted by molar-refractivity contribution is 5.43. The first kappa shape index (κ1) is 16.0. The number of halogens is 1. The van der Waals surface area contributed by atoms with Crippen LogP contribution in [0.25, 0.3) is 0 Å². The average Bonchev–Trinajstić information content (AvgIpc) is 3.07. The molecule has 0 bridgehead atoms. The maximum Gasteiger partial charge on any atom is 0.250 e. The summed E-state index contributed by atoms with van der Waals surface area (Å²) in [4.78, 5) is 14.6. The zero-order chi connectivity index (χ0) is 17.2. The molecule has 1 saturated heterocycles. The van der Waals surface area contributed by atoms with Crippen molar-refractivity contribution in [3.05, 3.63) is 36.5 Å². The highest BCUT2D eigenvalue weighted by atomic mass is 19.1. The molecule has 0 radical (unpaired) electrons. The molecule has 1 saturated carbocycles. The van der Waals surface area contributed by atoms with Crippen molar-refractivity contribution in [3.8, 4) is 11.8 Å². The van der Waals surface area contributed by atoms with Crippen molar-refractivity contribution >= 4 is 5.82 Å². The molecule has 0 aromatic carbocycles. The quantitative estimate of drug-likeness (QED) is 0.836. The van der Waals surface area contributed by atoms with Crippen LogP contribution in [-0.4, -0.2) is 53.5 Å². The Morgan fingerprint density at radius 1 is 1.28 bits per heavy atom. The molecule has 0 N–H and O–H groups in total. The van der Waals surface area contributed by atoms with Gasteiger partial charge in [0.2, 0.25) is 5.88 Å². The Morgan fingerprint density at radius 2 is 2.20 bits per heavy atom. The number of anilines is 1. The molecular weight excluding hydrogens is 327 g/mol. The minimum Gasteiger partial charge on any atom is -0.481 e. The van der Waals surface area contributed by atoms with E-state index in [1.54, 1.807) is 13.2 Å². The smallest absolute Gasteiger partial charge is 0.250 e. The van der Waals surface area contributed by atoms with Gasteiger partial charge in [0.25, 0.3) is 5.88 Å². The molecule has 3 heterocycles. The van der Waals surface area contributed by atoms with Gasteiger partial charge in [0.05, 0.1) is 19.8 Å². The van der Waals surface area contributed by atoms with Crippen LogP contribution in [0.15, 0.2) is 30.7 Å². The molecule has 7 nitrogen and oxygen atoms in total. The summed E-state index contributed by atoms with van der Waals surface area (Å²) in [7, 11) is 1.58. The number of aromatic nitrogens is 3. The molecule has 2 fully saturated rings. The van der Waals surface area contributed by atoms with Crippen LogP contribution < -0.4 is 14.4 Å². The van der Waals surface area contributed by atoms with Gasteiger partial charge >= 0.3 is 0 Å². The van der Waals surface area contributed by atoms with E-state index in [-0.39, 0.29) is 24.1 Å². The summed E-state index contributed by atoms with van der Waals surface area (Å²) in [5, 5.41) is 0. The molecule has 25 heavy (non-hydrogen) atoms. The Morgan fingerprint density at radius 3 is 3.04 bits per heavy atom. The predicted octanol–water partition coefficient (Wildman–Crippen LogP) is 1.83. The maximum atomic E-state index is 13.8. The summed E-state index contributed by atoms with van der Waals surface area (Å²) in [5.74, 6) is 0.890. The molecule has 0 unspecified atom stereocenters.